The van der Waals surface area contributed by atoms with Gasteiger partial charge in [-0.05, 0) is 43.9 Å². The van der Waals surface area contributed by atoms with Gasteiger partial charge in [-0.1, -0.05) is 12.1 Å². The zero-order chi connectivity index (χ0) is 15.8. The Morgan fingerprint density at radius 3 is 2.55 bits per heavy atom. The van der Waals surface area contributed by atoms with Crippen molar-refractivity contribution in [1.29, 1.82) is 0 Å². The van der Waals surface area contributed by atoms with Crippen LogP contribution in [0.2, 0.25) is 0 Å². The van der Waals surface area contributed by atoms with Crippen molar-refractivity contribution in [2.75, 3.05) is 33.4 Å². The Morgan fingerprint density at radius 2 is 1.95 bits per heavy atom. The van der Waals surface area contributed by atoms with E-state index in [4.69, 9.17) is 9.47 Å². The highest BCUT2D eigenvalue weighted by Gasteiger charge is 2.20. The summed E-state index contributed by atoms with van der Waals surface area (Å²) in [6.45, 7) is 5.34. The Bertz CT molecular complexity index is 453. The molecule has 1 aromatic rings. The van der Waals surface area contributed by atoms with Gasteiger partial charge in [0.05, 0.1) is 13.7 Å². The molecule has 0 radical (unpaired) electrons. The van der Waals surface area contributed by atoms with Gasteiger partial charge in [-0.15, -0.1) is 0 Å². The van der Waals surface area contributed by atoms with Crippen LogP contribution >= 0.6 is 0 Å². The summed E-state index contributed by atoms with van der Waals surface area (Å²) in [5.41, 5.74) is 1.33. The van der Waals surface area contributed by atoms with E-state index in [1.54, 1.807) is 7.11 Å². The van der Waals surface area contributed by atoms with Crippen LogP contribution < -0.4 is 10.1 Å². The average molecular weight is 306 g/mol. The van der Waals surface area contributed by atoms with Gasteiger partial charge in [-0.3, -0.25) is 0 Å². The molecule has 1 aliphatic heterocycles. The molecule has 5 heteroatoms. The molecule has 0 bridgehead atoms. The number of likely N-dealkylation sites (tertiary alicyclic amines) is 1. The third-order valence-electron chi connectivity index (χ3n) is 4.06. The minimum Gasteiger partial charge on any atom is -0.497 e. The van der Waals surface area contributed by atoms with Gasteiger partial charge in [-0.25, -0.2) is 4.79 Å². The minimum atomic E-state index is -0.292. The maximum absolute atomic E-state index is 11.4. The van der Waals surface area contributed by atoms with E-state index < -0.39 is 0 Å². The maximum atomic E-state index is 11.4. The van der Waals surface area contributed by atoms with Crippen LogP contribution in [0.3, 0.4) is 0 Å². The number of carbonyl (C=O) groups excluding carboxylic acids is 1. The number of amides is 1. The topological polar surface area (TPSA) is 50.8 Å². The Labute approximate surface area is 132 Å². The number of nitrogens with one attached hydrogen (secondary N) is 1. The maximum Gasteiger partial charge on any atom is 0.407 e. The summed E-state index contributed by atoms with van der Waals surface area (Å²) in [7, 11) is 1.68. The molecule has 0 aromatic heterocycles. The van der Waals surface area contributed by atoms with Gasteiger partial charge in [0.15, 0.2) is 0 Å². The van der Waals surface area contributed by atoms with E-state index in [2.05, 4.69) is 22.3 Å². The van der Waals surface area contributed by atoms with Gasteiger partial charge >= 0.3 is 6.09 Å². The van der Waals surface area contributed by atoms with Crippen LogP contribution in [0.25, 0.3) is 0 Å². The van der Waals surface area contributed by atoms with Crippen LogP contribution in [0.4, 0.5) is 4.79 Å². The first-order chi connectivity index (χ1) is 10.7. The highest BCUT2D eigenvalue weighted by Crippen LogP contribution is 2.14. The lowest BCUT2D eigenvalue weighted by molar-refractivity contribution is 0.137. The second kappa shape index (κ2) is 8.63. The summed E-state index contributed by atoms with van der Waals surface area (Å²) in [6.07, 6.45) is 2.72. The van der Waals surface area contributed by atoms with Gasteiger partial charge < -0.3 is 19.7 Å². The lowest BCUT2D eigenvalue weighted by atomic mass is 10.0. The van der Waals surface area contributed by atoms with Crippen molar-refractivity contribution in [1.82, 2.24) is 10.2 Å². The van der Waals surface area contributed by atoms with Crippen LogP contribution in [0.1, 0.15) is 25.3 Å². The average Bonchev–Trinajstić information content (AvgIpc) is 2.55. The molecular formula is C17H26N2O3. The van der Waals surface area contributed by atoms with E-state index in [-0.39, 0.29) is 12.1 Å². The van der Waals surface area contributed by atoms with E-state index in [0.717, 1.165) is 44.6 Å². The number of ether oxygens (including phenoxy) is 2. The predicted molar refractivity (Wildman–Crippen MR) is 86.3 cm³/mol. The molecule has 5 nitrogen and oxygen atoms in total. The van der Waals surface area contributed by atoms with E-state index in [1.165, 1.54) is 5.56 Å². The van der Waals surface area contributed by atoms with Gasteiger partial charge in [0.2, 0.25) is 0 Å². The Kier molecular flexibility index (Phi) is 6.52. The number of methoxy groups -OCH3 is 1. The summed E-state index contributed by atoms with van der Waals surface area (Å²) in [4.78, 5) is 13.9. The second-order valence-corrected chi connectivity index (χ2v) is 5.58. The van der Waals surface area contributed by atoms with E-state index in [1.807, 2.05) is 19.1 Å². The molecule has 1 heterocycles. The van der Waals surface area contributed by atoms with Crippen molar-refractivity contribution in [2.45, 2.75) is 32.2 Å². The molecular weight excluding hydrogens is 280 g/mol. The van der Waals surface area contributed by atoms with Crippen molar-refractivity contribution < 1.29 is 14.3 Å². The largest absolute Gasteiger partial charge is 0.497 e. The van der Waals surface area contributed by atoms with Gasteiger partial charge in [0.1, 0.15) is 5.75 Å². The first kappa shape index (κ1) is 16.6. The number of carbonyl (C=O) groups is 1. The second-order valence-electron chi connectivity index (χ2n) is 5.58. The molecule has 1 fully saturated rings. The fourth-order valence-electron chi connectivity index (χ4n) is 2.72. The van der Waals surface area contributed by atoms with Crippen LogP contribution in [-0.2, 0) is 11.2 Å². The first-order valence-electron chi connectivity index (χ1n) is 8.00. The molecule has 0 saturated carbocycles. The van der Waals surface area contributed by atoms with E-state index in [0.29, 0.717) is 6.61 Å². The number of rotatable bonds is 6. The SMILES string of the molecule is CCOC(=O)NC1CCN(CCc2ccc(OC)cc2)CC1. The first-order valence-corrected chi connectivity index (χ1v) is 8.00. The molecule has 0 aliphatic carbocycles. The zero-order valence-corrected chi connectivity index (χ0v) is 13.5. The highest BCUT2D eigenvalue weighted by atomic mass is 16.5. The monoisotopic (exact) mass is 306 g/mol. The third-order valence-corrected chi connectivity index (χ3v) is 4.06. The minimum absolute atomic E-state index is 0.247. The molecule has 0 unspecified atom stereocenters. The summed E-state index contributed by atoms with van der Waals surface area (Å²) in [5, 5.41) is 2.93. The number of hydrogen-bond acceptors (Lipinski definition) is 4. The van der Waals surface area contributed by atoms with Crippen molar-refractivity contribution in [3.63, 3.8) is 0 Å². The van der Waals surface area contributed by atoms with E-state index in [9.17, 15) is 4.79 Å². The number of piperidine rings is 1. The van der Waals surface area contributed by atoms with Crippen molar-refractivity contribution >= 4 is 6.09 Å². The van der Waals surface area contributed by atoms with Gasteiger partial charge in [0, 0.05) is 25.7 Å². The lowest BCUT2D eigenvalue weighted by Crippen LogP contribution is -2.45. The molecule has 1 saturated heterocycles. The Hall–Kier alpha value is -1.75. The van der Waals surface area contributed by atoms with Gasteiger partial charge in [-0.2, -0.15) is 0 Å². The van der Waals surface area contributed by atoms with Crippen LogP contribution in [0, 0.1) is 0 Å². The molecule has 0 atom stereocenters. The van der Waals surface area contributed by atoms with Gasteiger partial charge in [0.25, 0.3) is 0 Å². The number of nitrogens with zero attached hydrogens (tertiary/aromatic N) is 1. The molecule has 1 N–H and O–H groups in total. The quantitative estimate of drug-likeness (QED) is 0.877. The predicted octanol–water partition coefficient (Wildman–Crippen LogP) is 2.45. The molecule has 2 rings (SSSR count). The van der Waals surface area contributed by atoms with Crippen molar-refractivity contribution in [2.24, 2.45) is 0 Å². The fourth-order valence-corrected chi connectivity index (χ4v) is 2.72. The Balaban J connectivity index is 1.67. The highest BCUT2D eigenvalue weighted by molar-refractivity contribution is 5.67. The fraction of sp³-hybridized carbons (Fsp3) is 0.588. The third kappa shape index (κ3) is 5.22. The molecule has 1 aromatic carbocycles. The van der Waals surface area contributed by atoms with Crippen LogP contribution in [0.5, 0.6) is 5.75 Å². The summed E-state index contributed by atoms with van der Waals surface area (Å²) in [6, 6.07) is 8.49. The van der Waals surface area contributed by atoms with Crippen LogP contribution in [-0.4, -0.2) is 50.4 Å². The molecule has 1 aliphatic rings. The summed E-state index contributed by atoms with van der Waals surface area (Å²) >= 11 is 0. The van der Waals surface area contributed by atoms with Crippen LogP contribution in [0.15, 0.2) is 24.3 Å². The zero-order valence-electron chi connectivity index (χ0n) is 13.5. The number of alkyl carbamates (subject to hydrolysis) is 1. The Morgan fingerprint density at radius 1 is 1.27 bits per heavy atom. The smallest absolute Gasteiger partial charge is 0.407 e. The van der Waals surface area contributed by atoms with Crippen molar-refractivity contribution in [3.8, 4) is 5.75 Å². The standard InChI is InChI=1S/C17H26N2O3/c1-3-22-17(20)18-15-9-12-19(13-10-15)11-8-14-4-6-16(21-2)7-5-14/h4-7,15H,3,8-13H2,1-2H3,(H,18,20). The number of hydrogen-bond donors (Lipinski definition) is 1. The molecule has 122 valence electrons. The molecule has 22 heavy (non-hydrogen) atoms. The number of benzene rings is 1. The van der Waals surface area contributed by atoms with E-state index >= 15 is 0 Å². The summed E-state index contributed by atoms with van der Waals surface area (Å²) in [5.74, 6) is 0.898. The lowest BCUT2D eigenvalue weighted by Gasteiger charge is -2.32. The molecule has 0 spiro atoms. The summed E-state index contributed by atoms with van der Waals surface area (Å²) < 4.78 is 10.1. The normalized spacial score (nSPS) is 16.3. The van der Waals surface area contributed by atoms with Crippen molar-refractivity contribution in [3.05, 3.63) is 29.8 Å². The molecule has 1 amide bonds.